The molecule has 3 fully saturated rings. The van der Waals surface area contributed by atoms with Gasteiger partial charge >= 0.3 is 0 Å². The van der Waals surface area contributed by atoms with Gasteiger partial charge in [-0.15, -0.1) is 0 Å². The van der Waals surface area contributed by atoms with E-state index in [-0.39, 0.29) is 0 Å². The molecule has 5 nitrogen and oxygen atoms in total. The molecule has 1 aromatic carbocycles. The van der Waals surface area contributed by atoms with Gasteiger partial charge in [0.25, 0.3) is 0 Å². The first-order valence-corrected chi connectivity index (χ1v) is 11.2. The van der Waals surface area contributed by atoms with E-state index in [4.69, 9.17) is 14.2 Å². The van der Waals surface area contributed by atoms with E-state index in [0.717, 1.165) is 41.8 Å². The number of benzene rings is 1. The van der Waals surface area contributed by atoms with Crippen molar-refractivity contribution in [3.63, 3.8) is 0 Å². The van der Waals surface area contributed by atoms with Gasteiger partial charge in [-0.2, -0.15) is 0 Å². The summed E-state index contributed by atoms with van der Waals surface area (Å²) in [6.45, 7) is 5.00. The highest BCUT2D eigenvalue weighted by Gasteiger charge is 2.49. The Kier molecular flexibility index (Phi) is 6.32. The van der Waals surface area contributed by atoms with Crippen LogP contribution in [0.25, 0.3) is 0 Å². The molecule has 0 bridgehead atoms. The highest BCUT2D eigenvalue weighted by atomic mass is 16.5. The number of hydrogen-bond donors (Lipinski definition) is 2. The Bertz CT molecular complexity index is 659. The van der Waals surface area contributed by atoms with E-state index in [1.807, 2.05) is 11.0 Å². The maximum atomic E-state index is 5.74. The van der Waals surface area contributed by atoms with Crippen molar-refractivity contribution in [2.24, 2.45) is 5.92 Å². The lowest BCUT2D eigenvalue weighted by Gasteiger charge is -2.44. The zero-order valence-electron chi connectivity index (χ0n) is 17.9. The average molecular weight is 391 g/mol. The number of quaternary nitrogens is 2. The van der Waals surface area contributed by atoms with Crippen LogP contribution in [-0.4, -0.2) is 53.0 Å². The molecule has 0 aromatic heterocycles. The van der Waals surface area contributed by atoms with Gasteiger partial charge in [-0.1, -0.05) is 19.3 Å². The number of ether oxygens (including phenoxy) is 3. The van der Waals surface area contributed by atoms with Crippen molar-refractivity contribution in [2.75, 3.05) is 41.0 Å². The number of piperazine rings is 1. The molecule has 2 N–H and O–H groups in total. The molecule has 1 saturated carbocycles. The minimum atomic E-state index is 0.743. The van der Waals surface area contributed by atoms with Crippen molar-refractivity contribution in [1.82, 2.24) is 0 Å². The molecule has 3 aliphatic rings. The van der Waals surface area contributed by atoms with Crippen LogP contribution in [0.5, 0.6) is 17.2 Å². The molecular weight excluding hydrogens is 352 g/mol. The molecule has 28 heavy (non-hydrogen) atoms. The predicted molar refractivity (Wildman–Crippen MR) is 110 cm³/mol. The molecule has 1 aliphatic carbocycles. The molecule has 156 valence electrons. The van der Waals surface area contributed by atoms with Crippen LogP contribution < -0.4 is 24.0 Å². The minimum absolute atomic E-state index is 0.743. The van der Waals surface area contributed by atoms with Gasteiger partial charge in [0, 0.05) is 24.8 Å². The first-order valence-electron chi connectivity index (χ1n) is 11.2. The molecular formula is C23H38N2O3+2. The van der Waals surface area contributed by atoms with E-state index in [9.17, 15) is 0 Å². The van der Waals surface area contributed by atoms with Gasteiger partial charge in [-0.25, -0.2) is 0 Å². The number of nitrogens with one attached hydrogen (secondary N) is 2. The Hall–Kier alpha value is -1.46. The fraction of sp³-hybridized carbons (Fsp3) is 0.739. The van der Waals surface area contributed by atoms with Gasteiger partial charge < -0.3 is 24.0 Å². The summed E-state index contributed by atoms with van der Waals surface area (Å²) in [5, 5.41) is 0. The second kappa shape index (κ2) is 8.91. The minimum Gasteiger partial charge on any atom is -0.496 e. The second-order valence-corrected chi connectivity index (χ2v) is 8.93. The first kappa shape index (κ1) is 19.8. The standard InChI is InChI=1S/C23H36N2O3/c1-26-20-15-22(28-3)21(27-2)14-18(20)16-25-13-12-24-11-7-10-19(24)23(25)17-8-5-4-6-9-17/h14-15,17,19,23H,4-13,16H2,1-3H3/p+2/t19-,23+/m1/s1. The van der Waals surface area contributed by atoms with Crippen LogP contribution >= 0.6 is 0 Å². The highest BCUT2D eigenvalue weighted by molar-refractivity contribution is 5.50. The maximum Gasteiger partial charge on any atom is 0.164 e. The van der Waals surface area contributed by atoms with Crippen LogP contribution in [0.4, 0.5) is 0 Å². The van der Waals surface area contributed by atoms with Crippen molar-refractivity contribution in [3.8, 4) is 17.2 Å². The van der Waals surface area contributed by atoms with Gasteiger partial charge in [-0.3, -0.25) is 0 Å². The van der Waals surface area contributed by atoms with Crippen molar-refractivity contribution < 1.29 is 24.0 Å². The summed E-state index contributed by atoms with van der Waals surface area (Å²) in [6.07, 6.45) is 9.98. The van der Waals surface area contributed by atoms with Gasteiger partial charge in [-0.05, 0) is 18.9 Å². The van der Waals surface area contributed by atoms with Crippen LogP contribution in [0.3, 0.4) is 0 Å². The average Bonchev–Trinajstić information content (AvgIpc) is 3.22. The monoisotopic (exact) mass is 390 g/mol. The smallest absolute Gasteiger partial charge is 0.164 e. The van der Waals surface area contributed by atoms with Gasteiger partial charge in [0.15, 0.2) is 11.5 Å². The summed E-state index contributed by atoms with van der Waals surface area (Å²) in [4.78, 5) is 3.66. The lowest BCUT2D eigenvalue weighted by atomic mass is 9.78. The van der Waals surface area contributed by atoms with Crippen molar-refractivity contribution in [1.29, 1.82) is 0 Å². The molecule has 2 unspecified atom stereocenters. The quantitative estimate of drug-likeness (QED) is 0.764. The van der Waals surface area contributed by atoms with Crippen LogP contribution in [-0.2, 0) is 6.54 Å². The summed E-state index contributed by atoms with van der Waals surface area (Å²) < 4.78 is 16.8. The Labute approximate surface area is 169 Å². The lowest BCUT2D eigenvalue weighted by molar-refractivity contribution is -1.05. The second-order valence-electron chi connectivity index (χ2n) is 8.93. The Morgan fingerprint density at radius 3 is 2.21 bits per heavy atom. The third-order valence-electron chi connectivity index (χ3n) is 7.57. The van der Waals surface area contributed by atoms with Crippen LogP contribution in [0.2, 0.25) is 0 Å². The Balaban J connectivity index is 1.61. The molecule has 1 aromatic rings. The van der Waals surface area contributed by atoms with Crippen molar-refractivity contribution in [3.05, 3.63) is 17.7 Å². The van der Waals surface area contributed by atoms with Gasteiger partial charge in [0.2, 0.25) is 0 Å². The van der Waals surface area contributed by atoms with E-state index >= 15 is 0 Å². The molecule has 0 radical (unpaired) electrons. The third-order valence-corrected chi connectivity index (χ3v) is 7.57. The molecule has 2 aliphatic heterocycles. The number of rotatable bonds is 6. The topological polar surface area (TPSA) is 36.6 Å². The zero-order valence-corrected chi connectivity index (χ0v) is 17.9. The molecule has 5 heteroatoms. The van der Waals surface area contributed by atoms with Crippen LogP contribution in [0, 0.1) is 5.92 Å². The summed E-state index contributed by atoms with van der Waals surface area (Å²) in [6, 6.07) is 5.78. The lowest BCUT2D eigenvalue weighted by Crippen LogP contribution is -3.32. The number of fused-ring (bicyclic) bond motifs is 1. The van der Waals surface area contributed by atoms with E-state index < -0.39 is 0 Å². The zero-order chi connectivity index (χ0) is 19.5. The van der Waals surface area contributed by atoms with E-state index in [2.05, 4.69) is 6.07 Å². The molecule has 2 saturated heterocycles. The summed E-state index contributed by atoms with van der Waals surface area (Å²) >= 11 is 0. The van der Waals surface area contributed by atoms with E-state index in [0.29, 0.717) is 0 Å². The van der Waals surface area contributed by atoms with Crippen molar-refractivity contribution in [2.45, 2.75) is 63.6 Å². The third kappa shape index (κ3) is 3.84. The predicted octanol–water partition coefficient (Wildman–Crippen LogP) is 1.11. The Morgan fingerprint density at radius 2 is 1.50 bits per heavy atom. The normalized spacial score (nSPS) is 30.7. The SMILES string of the molecule is COc1cc(OC)c(OC)cc1C[NH+]1CC[NH+]2CCC[C@@H]2[C@@H]1C1CCCCC1. The van der Waals surface area contributed by atoms with E-state index in [1.54, 1.807) is 26.2 Å². The molecule has 0 amide bonds. The van der Waals surface area contributed by atoms with E-state index in [1.165, 1.54) is 70.1 Å². The summed E-state index contributed by atoms with van der Waals surface area (Å²) in [5.41, 5.74) is 1.25. The molecule has 2 heterocycles. The molecule has 4 atom stereocenters. The summed E-state index contributed by atoms with van der Waals surface area (Å²) in [5.74, 6) is 3.37. The van der Waals surface area contributed by atoms with Crippen LogP contribution in [0.1, 0.15) is 50.5 Å². The number of hydrogen-bond acceptors (Lipinski definition) is 3. The van der Waals surface area contributed by atoms with Crippen LogP contribution in [0.15, 0.2) is 12.1 Å². The Morgan fingerprint density at radius 1 is 0.786 bits per heavy atom. The highest BCUT2D eigenvalue weighted by Crippen LogP contribution is 2.35. The maximum absolute atomic E-state index is 5.74. The first-order chi connectivity index (χ1) is 13.7. The number of methoxy groups -OCH3 is 3. The summed E-state index contributed by atoms with van der Waals surface area (Å²) in [7, 11) is 5.16. The van der Waals surface area contributed by atoms with Crippen molar-refractivity contribution >= 4 is 0 Å². The van der Waals surface area contributed by atoms with Gasteiger partial charge in [0.1, 0.15) is 37.5 Å². The molecule has 0 spiro atoms. The van der Waals surface area contributed by atoms with Gasteiger partial charge in [0.05, 0.1) is 33.4 Å². The fourth-order valence-electron chi connectivity index (χ4n) is 6.29. The largest absolute Gasteiger partial charge is 0.496 e. The fourth-order valence-corrected chi connectivity index (χ4v) is 6.29. The molecule has 4 rings (SSSR count).